The summed E-state index contributed by atoms with van der Waals surface area (Å²) >= 11 is 0. The van der Waals surface area contributed by atoms with Crippen molar-refractivity contribution in [3.8, 4) is 0 Å². The average Bonchev–Trinajstić information content (AvgIpc) is 2.64. The predicted octanol–water partition coefficient (Wildman–Crippen LogP) is 1.18. The zero-order chi connectivity index (χ0) is 10.8. The van der Waals surface area contributed by atoms with Crippen molar-refractivity contribution in [1.29, 1.82) is 0 Å². The first-order valence-corrected chi connectivity index (χ1v) is 5.20. The molecular formula is C11H15NO3. The molecule has 1 aromatic rings. The summed E-state index contributed by atoms with van der Waals surface area (Å²) in [5.41, 5.74) is 0. The molecule has 1 amide bonds. The van der Waals surface area contributed by atoms with Crippen molar-refractivity contribution in [1.82, 2.24) is 4.90 Å². The molecule has 2 heterocycles. The van der Waals surface area contributed by atoms with Gasteiger partial charge in [-0.2, -0.15) is 0 Å². The van der Waals surface area contributed by atoms with Crippen LogP contribution in [0.25, 0.3) is 0 Å². The van der Waals surface area contributed by atoms with Crippen molar-refractivity contribution in [3.63, 3.8) is 0 Å². The van der Waals surface area contributed by atoms with Crippen molar-refractivity contribution in [2.24, 2.45) is 0 Å². The van der Waals surface area contributed by atoms with E-state index >= 15 is 0 Å². The molecule has 0 bridgehead atoms. The van der Waals surface area contributed by atoms with E-state index in [4.69, 9.17) is 4.42 Å². The van der Waals surface area contributed by atoms with Crippen molar-refractivity contribution in [2.75, 3.05) is 13.1 Å². The lowest BCUT2D eigenvalue weighted by molar-refractivity contribution is 0.0447. The Morgan fingerprint density at radius 3 is 3.00 bits per heavy atom. The van der Waals surface area contributed by atoms with E-state index in [1.165, 1.54) is 0 Å². The number of hydrogen-bond donors (Lipinski definition) is 1. The van der Waals surface area contributed by atoms with Crippen LogP contribution in [0, 0.1) is 6.92 Å². The first kappa shape index (κ1) is 10.2. The van der Waals surface area contributed by atoms with Gasteiger partial charge in [-0.25, -0.2) is 0 Å². The number of nitrogens with zero attached hydrogens (tertiary/aromatic N) is 1. The van der Waals surface area contributed by atoms with E-state index in [2.05, 4.69) is 0 Å². The maximum Gasteiger partial charge on any atom is 0.289 e. The molecule has 0 aromatic carbocycles. The molecule has 1 N–H and O–H groups in total. The molecule has 82 valence electrons. The molecule has 0 spiro atoms. The zero-order valence-electron chi connectivity index (χ0n) is 8.77. The number of aliphatic hydroxyl groups excluding tert-OH is 1. The van der Waals surface area contributed by atoms with Crippen LogP contribution in [0.1, 0.15) is 29.2 Å². The minimum atomic E-state index is -0.390. The van der Waals surface area contributed by atoms with Crippen molar-refractivity contribution in [2.45, 2.75) is 25.9 Å². The molecule has 1 aromatic heterocycles. The Labute approximate surface area is 88.5 Å². The van der Waals surface area contributed by atoms with Gasteiger partial charge in [0, 0.05) is 13.1 Å². The van der Waals surface area contributed by atoms with Gasteiger partial charge < -0.3 is 14.4 Å². The third kappa shape index (κ3) is 2.21. The van der Waals surface area contributed by atoms with Crippen LogP contribution in [0.5, 0.6) is 0 Å². The first-order valence-electron chi connectivity index (χ1n) is 5.20. The third-order valence-corrected chi connectivity index (χ3v) is 2.63. The van der Waals surface area contributed by atoms with Gasteiger partial charge in [-0.05, 0) is 31.9 Å². The highest BCUT2D eigenvalue weighted by molar-refractivity contribution is 5.91. The van der Waals surface area contributed by atoms with Crippen molar-refractivity contribution in [3.05, 3.63) is 23.7 Å². The van der Waals surface area contributed by atoms with Gasteiger partial charge in [-0.15, -0.1) is 0 Å². The molecule has 2 rings (SSSR count). The number of likely N-dealkylation sites (tertiary alicyclic amines) is 1. The Morgan fingerprint density at radius 2 is 2.40 bits per heavy atom. The molecule has 1 atom stereocenters. The minimum absolute atomic E-state index is 0.123. The second kappa shape index (κ2) is 4.06. The number of carbonyl (C=O) groups is 1. The highest BCUT2D eigenvalue weighted by atomic mass is 16.3. The SMILES string of the molecule is Cc1ccc(C(=O)N2CCCC(O)C2)o1. The zero-order valence-corrected chi connectivity index (χ0v) is 8.77. The largest absolute Gasteiger partial charge is 0.456 e. The minimum Gasteiger partial charge on any atom is -0.456 e. The quantitative estimate of drug-likeness (QED) is 0.755. The number of aryl methyl sites for hydroxylation is 1. The summed E-state index contributed by atoms with van der Waals surface area (Å²) in [6.07, 6.45) is 1.24. The van der Waals surface area contributed by atoms with Gasteiger partial charge in [0.25, 0.3) is 5.91 Å². The number of piperidine rings is 1. The predicted molar refractivity (Wildman–Crippen MR) is 54.6 cm³/mol. The summed E-state index contributed by atoms with van der Waals surface area (Å²) < 4.78 is 5.26. The molecule has 15 heavy (non-hydrogen) atoms. The van der Waals surface area contributed by atoms with Crippen LogP contribution in [-0.2, 0) is 0 Å². The molecule has 1 saturated heterocycles. The topological polar surface area (TPSA) is 53.7 Å². The Kier molecular flexibility index (Phi) is 2.77. The van der Waals surface area contributed by atoms with Crippen LogP contribution < -0.4 is 0 Å². The number of hydrogen-bond acceptors (Lipinski definition) is 3. The molecule has 4 heteroatoms. The summed E-state index contributed by atoms with van der Waals surface area (Å²) in [5.74, 6) is 0.972. The Hall–Kier alpha value is -1.29. The van der Waals surface area contributed by atoms with Crippen LogP contribution in [0.3, 0.4) is 0 Å². The molecule has 1 fully saturated rings. The molecule has 0 radical (unpaired) electrons. The number of furan rings is 1. The first-order chi connectivity index (χ1) is 7.16. The van der Waals surface area contributed by atoms with Gasteiger partial charge >= 0.3 is 0 Å². The lowest BCUT2D eigenvalue weighted by atomic mass is 10.1. The van der Waals surface area contributed by atoms with E-state index in [9.17, 15) is 9.90 Å². The van der Waals surface area contributed by atoms with Gasteiger partial charge in [-0.1, -0.05) is 0 Å². The summed E-state index contributed by atoms with van der Waals surface area (Å²) in [5, 5.41) is 9.46. The van der Waals surface area contributed by atoms with Crippen LogP contribution >= 0.6 is 0 Å². The number of carbonyl (C=O) groups excluding carboxylic acids is 1. The molecule has 4 nitrogen and oxygen atoms in total. The molecule has 0 saturated carbocycles. The van der Waals surface area contributed by atoms with E-state index in [0.29, 0.717) is 18.8 Å². The molecule has 1 aliphatic heterocycles. The Balaban J connectivity index is 2.07. The number of amides is 1. The van der Waals surface area contributed by atoms with Gasteiger partial charge in [0.2, 0.25) is 0 Å². The lowest BCUT2D eigenvalue weighted by Crippen LogP contribution is -2.42. The summed E-state index contributed by atoms with van der Waals surface area (Å²) in [7, 11) is 0. The van der Waals surface area contributed by atoms with E-state index in [1.54, 1.807) is 17.0 Å². The highest BCUT2D eigenvalue weighted by Crippen LogP contribution is 2.15. The van der Waals surface area contributed by atoms with E-state index in [-0.39, 0.29) is 5.91 Å². The van der Waals surface area contributed by atoms with Crippen LogP contribution in [-0.4, -0.2) is 35.1 Å². The fourth-order valence-electron chi connectivity index (χ4n) is 1.84. The smallest absolute Gasteiger partial charge is 0.289 e. The number of aliphatic hydroxyl groups is 1. The van der Waals surface area contributed by atoms with Crippen molar-refractivity contribution < 1.29 is 14.3 Å². The third-order valence-electron chi connectivity index (χ3n) is 2.63. The van der Waals surface area contributed by atoms with E-state index < -0.39 is 6.10 Å². The highest BCUT2D eigenvalue weighted by Gasteiger charge is 2.24. The monoisotopic (exact) mass is 209 g/mol. The van der Waals surface area contributed by atoms with Crippen LogP contribution in [0.15, 0.2) is 16.5 Å². The maximum atomic E-state index is 11.9. The van der Waals surface area contributed by atoms with Gasteiger partial charge in [-0.3, -0.25) is 4.79 Å². The van der Waals surface area contributed by atoms with Crippen LogP contribution in [0.4, 0.5) is 0 Å². The standard InChI is InChI=1S/C11H15NO3/c1-8-4-5-10(15-8)11(14)12-6-2-3-9(13)7-12/h4-5,9,13H,2-3,6-7H2,1H3. The summed E-state index contributed by atoms with van der Waals surface area (Å²) in [4.78, 5) is 13.5. The molecule has 1 aliphatic rings. The second-order valence-electron chi connectivity index (χ2n) is 3.96. The van der Waals surface area contributed by atoms with Crippen LogP contribution in [0.2, 0.25) is 0 Å². The fraction of sp³-hybridized carbons (Fsp3) is 0.545. The Morgan fingerprint density at radius 1 is 1.60 bits per heavy atom. The Bertz CT molecular complexity index is 358. The van der Waals surface area contributed by atoms with Crippen molar-refractivity contribution >= 4 is 5.91 Å². The second-order valence-corrected chi connectivity index (χ2v) is 3.96. The molecule has 1 unspecified atom stereocenters. The lowest BCUT2D eigenvalue weighted by Gasteiger charge is -2.29. The van der Waals surface area contributed by atoms with Gasteiger partial charge in [0.05, 0.1) is 6.10 Å². The summed E-state index contributed by atoms with van der Waals surface area (Å²) in [6, 6.07) is 3.45. The average molecular weight is 209 g/mol. The number of rotatable bonds is 1. The fourth-order valence-corrected chi connectivity index (χ4v) is 1.84. The van der Waals surface area contributed by atoms with Gasteiger partial charge in [0.1, 0.15) is 5.76 Å². The maximum absolute atomic E-state index is 11.9. The normalized spacial score (nSPS) is 21.7. The summed E-state index contributed by atoms with van der Waals surface area (Å²) in [6.45, 7) is 2.93. The van der Waals surface area contributed by atoms with E-state index in [0.717, 1.165) is 18.6 Å². The number of β-amino-alcohol motifs (C(OH)–C–C–N with tert-alkyl or cyclic N) is 1. The van der Waals surface area contributed by atoms with E-state index in [1.807, 2.05) is 6.92 Å². The molecule has 0 aliphatic carbocycles. The van der Waals surface area contributed by atoms with Gasteiger partial charge in [0.15, 0.2) is 5.76 Å². The molecular weight excluding hydrogens is 194 g/mol.